The van der Waals surface area contributed by atoms with Gasteiger partial charge in [-0.2, -0.15) is 0 Å². The number of halogens is 3. The molecule has 0 aliphatic heterocycles. The van der Waals surface area contributed by atoms with Crippen molar-refractivity contribution < 1.29 is 0 Å². The summed E-state index contributed by atoms with van der Waals surface area (Å²) in [6.07, 6.45) is 0. The number of nitrogens with one attached hydrogen (secondary N) is 1. The first-order valence-electron chi connectivity index (χ1n) is 5.32. The third kappa shape index (κ3) is 3.37. The van der Waals surface area contributed by atoms with Crippen molar-refractivity contribution in [2.45, 2.75) is 20.0 Å². The van der Waals surface area contributed by atoms with Gasteiger partial charge in [-0.1, -0.05) is 34.8 Å². The van der Waals surface area contributed by atoms with Crippen molar-refractivity contribution in [2.75, 3.05) is 0 Å². The van der Waals surface area contributed by atoms with Gasteiger partial charge in [-0.25, -0.2) is 4.98 Å². The maximum absolute atomic E-state index is 6.11. The minimum atomic E-state index is 0.506. The van der Waals surface area contributed by atoms with Gasteiger partial charge in [0.2, 0.25) is 0 Å². The molecule has 1 aromatic heterocycles. The fraction of sp³-hybridized carbons (Fsp3) is 0.250. The summed E-state index contributed by atoms with van der Waals surface area (Å²) in [6.45, 7) is 3.23. The van der Waals surface area contributed by atoms with Crippen LogP contribution >= 0.6 is 46.1 Å². The monoisotopic (exact) mass is 320 g/mol. The molecule has 0 atom stereocenters. The van der Waals surface area contributed by atoms with Crippen LogP contribution < -0.4 is 5.32 Å². The van der Waals surface area contributed by atoms with E-state index in [-0.39, 0.29) is 0 Å². The minimum absolute atomic E-state index is 0.506. The Kier molecular flexibility index (Phi) is 4.87. The summed E-state index contributed by atoms with van der Waals surface area (Å²) < 4.78 is 0. The summed E-state index contributed by atoms with van der Waals surface area (Å²) in [5.41, 5.74) is 1.84. The van der Waals surface area contributed by atoms with Crippen LogP contribution in [0.25, 0.3) is 0 Å². The molecule has 2 nitrogen and oxygen atoms in total. The molecule has 1 heterocycles. The molecule has 2 rings (SSSR count). The Labute approximate surface area is 125 Å². The van der Waals surface area contributed by atoms with Gasteiger partial charge in [0.1, 0.15) is 0 Å². The molecule has 0 aliphatic rings. The molecule has 0 spiro atoms. The highest BCUT2D eigenvalue weighted by atomic mass is 35.5. The zero-order chi connectivity index (χ0) is 13.1. The number of rotatable bonds is 4. The fourth-order valence-electron chi connectivity index (χ4n) is 1.54. The molecule has 18 heavy (non-hydrogen) atoms. The van der Waals surface area contributed by atoms with Gasteiger partial charge in [-0.15, -0.1) is 11.3 Å². The Hall–Kier alpha value is -0.320. The minimum Gasteiger partial charge on any atom is -0.307 e. The van der Waals surface area contributed by atoms with E-state index in [2.05, 4.69) is 10.3 Å². The van der Waals surface area contributed by atoms with Gasteiger partial charge < -0.3 is 5.32 Å². The largest absolute Gasteiger partial charge is 0.307 e. The number of nitrogens with zero attached hydrogens (tertiary/aromatic N) is 1. The molecule has 1 N–H and O–H groups in total. The van der Waals surface area contributed by atoms with E-state index in [1.807, 2.05) is 12.3 Å². The van der Waals surface area contributed by atoms with E-state index in [4.69, 9.17) is 34.8 Å². The smallest absolute Gasteiger partial charge is 0.0897 e. The first-order chi connectivity index (χ1) is 8.58. The van der Waals surface area contributed by atoms with Crippen molar-refractivity contribution in [3.63, 3.8) is 0 Å². The molecule has 0 bridgehead atoms. The maximum Gasteiger partial charge on any atom is 0.0897 e. The lowest BCUT2D eigenvalue weighted by Crippen LogP contribution is -2.13. The van der Waals surface area contributed by atoms with E-state index in [9.17, 15) is 0 Å². The number of thiazole rings is 1. The molecular weight excluding hydrogens is 311 g/mol. The highest BCUT2D eigenvalue weighted by Crippen LogP contribution is 2.31. The molecule has 0 aliphatic carbocycles. The van der Waals surface area contributed by atoms with E-state index in [1.165, 1.54) is 0 Å². The molecule has 1 aromatic carbocycles. The van der Waals surface area contributed by atoms with E-state index in [1.54, 1.807) is 23.5 Å². The second-order valence-electron chi connectivity index (χ2n) is 3.78. The normalized spacial score (nSPS) is 10.9. The van der Waals surface area contributed by atoms with Crippen LogP contribution in [0.2, 0.25) is 15.1 Å². The summed E-state index contributed by atoms with van der Waals surface area (Å²) in [6, 6.07) is 3.44. The highest BCUT2D eigenvalue weighted by molar-refractivity contribution is 7.09. The fourth-order valence-corrected chi connectivity index (χ4v) is 2.83. The molecule has 0 saturated carbocycles. The van der Waals surface area contributed by atoms with Gasteiger partial charge in [-0.3, -0.25) is 0 Å². The Morgan fingerprint density at radius 1 is 1.17 bits per heavy atom. The van der Waals surface area contributed by atoms with Gasteiger partial charge in [0.05, 0.1) is 20.7 Å². The summed E-state index contributed by atoms with van der Waals surface area (Å²) in [7, 11) is 0. The van der Waals surface area contributed by atoms with E-state index >= 15 is 0 Å². The Balaban J connectivity index is 2.00. The third-order valence-corrected chi connectivity index (χ3v) is 4.43. The number of hydrogen-bond donors (Lipinski definition) is 1. The Morgan fingerprint density at radius 2 is 1.89 bits per heavy atom. The van der Waals surface area contributed by atoms with Crippen LogP contribution in [-0.4, -0.2) is 4.98 Å². The number of hydrogen-bond acceptors (Lipinski definition) is 3. The van der Waals surface area contributed by atoms with Gasteiger partial charge in [-0.05, 0) is 19.1 Å². The van der Waals surface area contributed by atoms with Crippen molar-refractivity contribution in [2.24, 2.45) is 0 Å². The van der Waals surface area contributed by atoms with Gasteiger partial charge in [0.25, 0.3) is 0 Å². The zero-order valence-electron chi connectivity index (χ0n) is 9.64. The molecular formula is C12H11Cl3N2S. The predicted molar refractivity (Wildman–Crippen MR) is 78.9 cm³/mol. The molecule has 0 unspecified atom stereocenters. The number of aromatic nitrogens is 1. The van der Waals surface area contributed by atoms with Crippen molar-refractivity contribution in [1.29, 1.82) is 0 Å². The summed E-state index contributed by atoms with van der Waals surface area (Å²) in [5, 5.41) is 7.99. The second-order valence-corrected chi connectivity index (χ2v) is 6.04. The molecule has 6 heteroatoms. The lowest BCUT2D eigenvalue weighted by Gasteiger charge is -2.09. The lowest BCUT2D eigenvalue weighted by atomic mass is 10.2. The van der Waals surface area contributed by atoms with Crippen molar-refractivity contribution in [3.8, 4) is 0 Å². The third-order valence-electron chi connectivity index (χ3n) is 2.41. The van der Waals surface area contributed by atoms with E-state index < -0.39 is 0 Å². The van der Waals surface area contributed by atoms with Crippen LogP contribution in [-0.2, 0) is 13.1 Å². The first kappa shape index (κ1) is 14.1. The highest BCUT2D eigenvalue weighted by Gasteiger charge is 2.09. The number of aryl methyl sites for hydroxylation is 1. The van der Waals surface area contributed by atoms with Crippen LogP contribution in [0.5, 0.6) is 0 Å². The zero-order valence-corrected chi connectivity index (χ0v) is 12.7. The van der Waals surface area contributed by atoms with Crippen molar-refractivity contribution in [1.82, 2.24) is 10.3 Å². The summed E-state index contributed by atoms with van der Waals surface area (Å²) in [5.74, 6) is 0. The maximum atomic E-state index is 6.11. The van der Waals surface area contributed by atoms with Crippen molar-refractivity contribution in [3.05, 3.63) is 48.8 Å². The summed E-state index contributed by atoms with van der Waals surface area (Å²) >= 11 is 19.8. The van der Waals surface area contributed by atoms with Crippen LogP contribution in [0.15, 0.2) is 17.5 Å². The molecule has 96 valence electrons. The van der Waals surface area contributed by atoms with Gasteiger partial charge in [0, 0.05) is 29.1 Å². The molecule has 2 aromatic rings. The SMILES string of the molecule is Cc1nc(CNCc2c(Cl)ccc(Cl)c2Cl)cs1. The molecule has 0 fully saturated rings. The lowest BCUT2D eigenvalue weighted by molar-refractivity contribution is 0.682. The predicted octanol–water partition coefficient (Wildman–Crippen LogP) is 4.70. The standard InChI is InChI=1S/C12H11Cl3N2S/c1-7-17-8(6-18-7)4-16-5-9-10(13)2-3-11(14)12(9)15/h2-3,6,16H,4-5H2,1H3. The van der Waals surface area contributed by atoms with E-state index in [0.717, 1.165) is 16.3 Å². The van der Waals surface area contributed by atoms with Crippen molar-refractivity contribution >= 4 is 46.1 Å². The summed E-state index contributed by atoms with van der Waals surface area (Å²) in [4.78, 5) is 4.37. The van der Waals surface area contributed by atoms with Gasteiger partial charge >= 0.3 is 0 Å². The molecule has 0 radical (unpaired) electrons. The van der Waals surface area contributed by atoms with Crippen LogP contribution in [0, 0.1) is 6.92 Å². The average Bonchev–Trinajstić information content (AvgIpc) is 2.74. The first-order valence-corrected chi connectivity index (χ1v) is 7.33. The quantitative estimate of drug-likeness (QED) is 0.826. The van der Waals surface area contributed by atoms with Crippen LogP contribution in [0.3, 0.4) is 0 Å². The van der Waals surface area contributed by atoms with Crippen LogP contribution in [0.4, 0.5) is 0 Å². The van der Waals surface area contributed by atoms with E-state index in [0.29, 0.717) is 28.2 Å². The topological polar surface area (TPSA) is 24.9 Å². The second kappa shape index (κ2) is 6.22. The number of benzene rings is 1. The molecule has 0 saturated heterocycles. The average molecular weight is 322 g/mol. The molecule has 0 amide bonds. The Morgan fingerprint density at radius 3 is 2.56 bits per heavy atom. The Bertz CT molecular complexity index is 554. The van der Waals surface area contributed by atoms with Crippen LogP contribution in [0.1, 0.15) is 16.3 Å². The van der Waals surface area contributed by atoms with Gasteiger partial charge in [0.15, 0.2) is 0 Å².